The first-order chi connectivity index (χ1) is 24.1. The Balaban J connectivity index is 1.47. The SMILES string of the molecule is CC(=O)OCC(COC(C)=O)(COC(C)=O)CO[C@@H]1C2COC[C@@]3(C[C@H]1OC(C)=O)C1=CC(=O)C4C(CCC(CC(C)C)C4C(=O)O)C1CCC23. The standard InChI is InChI=1S/C38H54O13/c1-20(2)11-25-7-8-27-26-9-10-29-28-14-46-19-38(29,30(26)12-31(43)34(27)33(25)36(44)45)13-32(51-24(6)42)35(28)50-18-37(15-47-21(3)39,16-48-22(4)40)17-49-23(5)41/h12,20,25-29,32-35H,7-11,13-19H2,1-6H3,(H,44,45)/t25?,26?,27?,28?,29?,32-,33?,34?,35-,38-/m1/s1. The summed E-state index contributed by atoms with van der Waals surface area (Å²) in [7, 11) is 0. The Kier molecular flexibility index (Phi) is 12.0. The second-order valence-electron chi connectivity index (χ2n) is 16.1. The summed E-state index contributed by atoms with van der Waals surface area (Å²) in [4.78, 5) is 75.0. The first kappa shape index (κ1) is 38.9. The minimum absolute atomic E-state index is 0.0206. The molecule has 10 atom stereocenters. The van der Waals surface area contributed by atoms with Crippen molar-refractivity contribution in [2.24, 2.45) is 58.2 Å². The molecule has 4 fully saturated rings. The van der Waals surface area contributed by atoms with Crippen molar-refractivity contribution >= 4 is 35.6 Å². The summed E-state index contributed by atoms with van der Waals surface area (Å²) in [6, 6.07) is 0. The Bertz CT molecular complexity index is 1360. The summed E-state index contributed by atoms with van der Waals surface area (Å²) in [6.07, 6.45) is 4.58. The highest BCUT2D eigenvalue weighted by Crippen LogP contribution is 2.64. The number of hydrogen-bond acceptors (Lipinski definition) is 12. The van der Waals surface area contributed by atoms with Crippen LogP contribution in [-0.4, -0.2) is 92.6 Å². The number of carboxylic acid groups (broad SMARTS) is 1. The van der Waals surface area contributed by atoms with Gasteiger partial charge in [0.25, 0.3) is 0 Å². The third kappa shape index (κ3) is 8.19. The van der Waals surface area contributed by atoms with Gasteiger partial charge in [-0.15, -0.1) is 0 Å². The first-order valence-corrected chi connectivity index (χ1v) is 18.3. The van der Waals surface area contributed by atoms with E-state index in [9.17, 15) is 33.9 Å². The first-order valence-electron chi connectivity index (χ1n) is 18.3. The number of aliphatic carboxylic acids is 1. The number of allylic oxidation sites excluding steroid dienone is 1. The normalized spacial score (nSPS) is 34.2. The Morgan fingerprint density at radius 1 is 0.882 bits per heavy atom. The minimum atomic E-state index is -1.26. The largest absolute Gasteiger partial charge is 0.481 e. The van der Waals surface area contributed by atoms with E-state index in [4.69, 9.17) is 28.4 Å². The fourth-order valence-electron chi connectivity index (χ4n) is 10.3. The van der Waals surface area contributed by atoms with Crippen molar-refractivity contribution in [2.45, 2.75) is 92.3 Å². The molecule has 0 aromatic heterocycles. The molecule has 5 rings (SSSR count). The lowest BCUT2D eigenvalue weighted by Crippen LogP contribution is -2.64. The van der Waals surface area contributed by atoms with Crippen LogP contribution in [0, 0.1) is 58.2 Å². The molecule has 7 unspecified atom stereocenters. The lowest BCUT2D eigenvalue weighted by molar-refractivity contribution is -0.234. The molecule has 0 aromatic carbocycles. The Hall–Kier alpha value is -3.32. The zero-order valence-electron chi connectivity index (χ0n) is 30.7. The molecule has 284 valence electrons. The van der Waals surface area contributed by atoms with Gasteiger partial charge in [-0.2, -0.15) is 0 Å². The van der Waals surface area contributed by atoms with Crippen LogP contribution in [0.4, 0.5) is 0 Å². The smallest absolute Gasteiger partial charge is 0.307 e. The van der Waals surface area contributed by atoms with Gasteiger partial charge < -0.3 is 33.5 Å². The van der Waals surface area contributed by atoms with Crippen molar-refractivity contribution in [2.75, 3.05) is 39.6 Å². The molecule has 0 radical (unpaired) electrons. The van der Waals surface area contributed by atoms with Gasteiger partial charge >= 0.3 is 29.8 Å². The average Bonchev–Trinajstić information content (AvgIpc) is 3.03. The van der Waals surface area contributed by atoms with Crippen LogP contribution in [0.2, 0.25) is 0 Å². The second kappa shape index (κ2) is 15.7. The third-order valence-corrected chi connectivity index (χ3v) is 12.1. The van der Waals surface area contributed by atoms with Crippen LogP contribution in [0.3, 0.4) is 0 Å². The summed E-state index contributed by atoms with van der Waals surface area (Å²) in [5.74, 6) is -4.55. The quantitative estimate of drug-likeness (QED) is 0.214. The van der Waals surface area contributed by atoms with Gasteiger partial charge in [0.1, 0.15) is 25.9 Å². The Labute approximate surface area is 299 Å². The van der Waals surface area contributed by atoms with Crippen LogP contribution in [-0.2, 0) is 57.2 Å². The van der Waals surface area contributed by atoms with Crippen molar-refractivity contribution < 1.29 is 62.3 Å². The monoisotopic (exact) mass is 718 g/mol. The van der Waals surface area contributed by atoms with E-state index >= 15 is 0 Å². The van der Waals surface area contributed by atoms with Crippen LogP contribution in [0.15, 0.2) is 11.6 Å². The topological polar surface area (TPSA) is 178 Å². The fourth-order valence-corrected chi connectivity index (χ4v) is 10.3. The highest BCUT2D eigenvalue weighted by molar-refractivity contribution is 5.97. The second-order valence-corrected chi connectivity index (χ2v) is 16.1. The molecule has 1 aliphatic heterocycles. The van der Waals surface area contributed by atoms with Crippen molar-refractivity contribution in [1.82, 2.24) is 0 Å². The van der Waals surface area contributed by atoms with Gasteiger partial charge in [-0.1, -0.05) is 19.4 Å². The molecule has 2 bridgehead atoms. The van der Waals surface area contributed by atoms with Crippen LogP contribution in [0.25, 0.3) is 0 Å². The molecule has 0 aromatic rings. The van der Waals surface area contributed by atoms with Crippen LogP contribution >= 0.6 is 0 Å². The molecule has 13 nitrogen and oxygen atoms in total. The van der Waals surface area contributed by atoms with Gasteiger partial charge in [0.15, 0.2) is 5.78 Å². The third-order valence-electron chi connectivity index (χ3n) is 12.1. The van der Waals surface area contributed by atoms with E-state index in [1.807, 2.05) is 0 Å². The lowest BCUT2D eigenvalue weighted by atomic mass is 9.45. The van der Waals surface area contributed by atoms with Crippen molar-refractivity contribution in [3.05, 3.63) is 11.6 Å². The number of rotatable bonds is 13. The van der Waals surface area contributed by atoms with Gasteiger partial charge in [0.05, 0.1) is 37.3 Å². The zero-order valence-corrected chi connectivity index (χ0v) is 30.7. The van der Waals surface area contributed by atoms with Gasteiger partial charge in [-0.3, -0.25) is 28.8 Å². The number of hydrogen-bond donors (Lipinski definition) is 1. The van der Waals surface area contributed by atoms with Crippen LogP contribution < -0.4 is 0 Å². The van der Waals surface area contributed by atoms with E-state index in [0.717, 1.165) is 37.7 Å². The highest BCUT2D eigenvalue weighted by Gasteiger charge is 2.64. The maximum atomic E-state index is 14.1. The van der Waals surface area contributed by atoms with Gasteiger partial charge in [0.2, 0.25) is 0 Å². The summed E-state index contributed by atoms with van der Waals surface area (Å²) in [6.45, 7) is 8.92. The van der Waals surface area contributed by atoms with Gasteiger partial charge in [0, 0.05) is 44.9 Å². The average molecular weight is 719 g/mol. The molecule has 1 saturated heterocycles. The zero-order chi connectivity index (χ0) is 37.2. The minimum Gasteiger partial charge on any atom is -0.481 e. The summed E-state index contributed by atoms with van der Waals surface area (Å²) in [5.41, 5.74) is -0.872. The summed E-state index contributed by atoms with van der Waals surface area (Å²) in [5, 5.41) is 10.4. The molecule has 0 amide bonds. The van der Waals surface area contributed by atoms with Crippen LogP contribution in [0.5, 0.6) is 0 Å². The van der Waals surface area contributed by atoms with E-state index in [2.05, 4.69) is 13.8 Å². The van der Waals surface area contributed by atoms with E-state index in [-0.39, 0.29) is 61.8 Å². The highest BCUT2D eigenvalue weighted by atomic mass is 16.6. The maximum absolute atomic E-state index is 14.1. The fraction of sp³-hybridized carbons (Fsp3) is 0.789. The molecule has 51 heavy (non-hydrogen) atoms. The lowest BCUT2D eigenvalue weighted by Gasteiger charge is -2.63. The Morgan fingerprint density at radius 2 is 1.51 bits per heavy atom. The maximum Gasteiger partial charge on any atom is 0.307 e. The molecular formula is C38H54O13. The molecule has 0 spiro atoms. The summed E-state index contributed by atoms with van der Waals surface area (Å²) >= 11 is 0. The predicted molar refractivity (Wildman–Crippen MR) is 179 cm³/mol. The molecule has 4 aliphatic carbocycles. The van der Waals surface area contributed by atoms with E-state index in [1.165, 1.54) is 27.7 Å². The number of carbonyl (C=O) groups excluding carboxylic acids is 5. The van der Waals surface area contributed by atoms with E-state index in [1.54, 1.807) is 6.08 Å². The molecule has 5 aliphatic rings. The van der Waals surface area contributed by atoms with Gasteiger partial charge in [-0.25, -0.2) is 0 Å². The number of carbonyl (C=O) groups is 6. The van der Waals surface area contributed by atoms with E-state index < -0.39 is 64.7 Å². The Morgan fingerprint density at radius 3 is 2.06 bits per heavy atom. The predicted octanol–water partition coefficient (Wildman–Crippen LogP) is 3.94. The van der Waals surface area contributed by atoms with Gasteiger partial charge in [-0.05, 0) is 74.2 Å². The molecule has 1 heterocycles. The number of fused-ring (bicyclic) bond motifs is 3. The summed E-state index contributed by atoms with van der Waals surface area (Å²) < 4.78 is 35.0. The molecule has 1 N–H and O–H groups in total. The van der Waals surface area contributed by atoms with Crippen molar-refractivity contribution in [3.63, 3.8) is 0 Å². The van der Waals surface area contributed by atoms with E-state index in [0.29, 0.717) is 25.6 Å². The van der Waals surface area contributed by atoms with Crippen LogP contribution in [0.1, 0.15) is 80.1 Å². The number of carboxylic acids is 1. The van der Waals surface area contributed by atoms with Crippen molar-refractivity contribution in [1.29, 1.82) is 0 Å². The molecule has 13 heteroatoms. The molecular weight excluding hydrogens is 664 g/mol. The molecule has 3 saturated carbocycles. The number of ether oxygens (including phenoxy) is 6. The number of ketones is 1. The number of esters is 4. The van der Waals surface area contributed by atoms with Crippen molar-refractivity contribution in [3.8, 4) is 0 Å².